The van der Waals surface area contributed by atoms with Crippen LogP contribution in [0, 0.1) is 0 Å². The summed E-state index contributed by atoms with van der Waals surface area (Å²) in [5.74, 6) is -0.740. The van der Waals surface area contributed by atoms with Gasteiger partial charge in [-0.05, 0) is 30.3 Å². The van der Waals surface area contributed by atoms with Crippen molar-refractivity contribution in [3.05, 3.63) is 53.2 Å². The smallest absolute Gasteiger partial charge is 0.261 e. The lowest BCUT2D eigenvalue weighted by Gasteiger charge is -2.28. The predicted molar refractivity (Wildman–Crippen MR) is 98.1 cm³/mol. The molecule has 138 valence electrons. The monoisotopic (exact) mass is 366 g/mol. The van der Waals surface area contributed by atoms with E-state index in [9.17, 15) is 14.4 Å². The molecule has 0 unspecified atom stereocenters. The number of imide groups is 1. The van der Waals surface area contributed by atoms with Gasteiger partial charge in [0.05, 0.1) is 36.2 Å². The fraction of sp³-hybridized carbons (Fsp3) is 0.263. The second kappa shape index (κ2) is 6.81. The number of carbonyl (C=O) groups is 3. The van der Waals surface area contributed by atoms with Crippen LogP contribution in [0.2, 0.25) is 0 Å². The summed E-state index contributed by atoms with van der Waals surface area (Å²) >= 11 is 0. The number of morpholine rings is 1. The number of benzene rings is 1. The van der Waals surface area contributed by atoms with Gasteiger partial charge in [-0.3, -0.25) is 19.3 Å². The van der Waals surface area contributed by atoms with E-state index in [-0.39, 0.29) is 17.4 Å². The van der Waals surface area contributed by atoms with Crippen molar-refractivity contribution in [1.29, 1.82) is 0 Å². The molecule has 8 heteroatoms. The molecule has 0 aliphatic carbocycles. The summed E-state index contributed by atoms with van der Waals surface area (Å²) in [6.45, 7) is 2.99. The molecule has 4 rings (SSSR count). The second-order valence-corrected chi connectivity index (χ2v) is 6.38. The highest BCUT2D eigenvalue weighted by Gasteiger charge is 2.33. The van der Waals surface area contributed by atoms with E-state index in [0.29, 0.717) is 30.2 Å². The molecule has 1 saturated heterocycles. The van der Waals surface area contributed by atoms with E-state index in [0.717, 1.165) is 23.7 Å². The van der Waals surface area contributed by atoms with Gasteiger partial charge in [-0.25, -0.2) is 4.98 Å². The molecule has 1 N–H and O–H groups in total. The van der Waals surface area contributed by atoms with Gasteiger partial charge in [-0.15, -0.1) is 0 Å². The zero-order valence-corrected chi connectivity index (χ0v) is 14.8. The highest BCUT2D eigenvalue weighted by Crippen LogP contribution is 2.23. The molecule has 0 bridgehead atoms. The maximum Gasteiger partial charge on any atom is 0.261 e. The Morgan fingerprint density at radius 3 is 2.52 bits per heavy atom. The van der Waals surface area contributed by atoms with Crippen LogP contribution in [0.1, 0.15) is 31.1 Å². The van der Waals surface area contributed by atoms with Crippen LogP contribution in [0.25, 0.3) is 0 Å². The third-order valence-corrected chi connectivity index (χ3v) is 4.72. The Bertz CT molecular complexity index is 920. The number of nitrogens with one attached hydrogen (secondary N) is 1. The summed E-state index contributed by atoms with van der Waals surface area (Å²) in [7, 11) is 1.42. The van der Waals surface area contributed by atoms with Crippen LogP contribution in [0.3, 0.4) is 0 Å². The Morgan fingerprint density at radius 2 is 1.81 bits per heavy atom. The number of carbonyl (C=O) groups excluding carboxylic acids is 3. The number of hydrogen-bond acceptors (Lipinski definition) is 6. The van der Waals surface area contributed by atoms with Crippen LogP contribution in [0.5, 0.6) is 0 Å². The number of nitrogens with zero attached hydrogens (tertiary/aromatic N) is 3. The Hall–Kier alpha value is -3.26. The summed E-state index contributed by atoms with van der Waals surface area (Å²) in [4.78, 5) is 44.0. The highest BCUT2D eigenvalue weighted by molar-refractivity contribution is 6.22. The third-order valence-electron chi connectivity index (χ3n) is 4.72. The van der Waals surface area contributed by atoms with Gasteiger partial charge in [0.25, 0.3) is 17.7 Å². The Labute approximate surface area is 155 Å². The van der Waals surface area contributed by atoms with Crippen molar-refractivity contribution in [2.45, 2.75) is 0 Å². The molecular formula is C19H18N4O4. The maximum absolute atomic E-state index is 12.5. The van der Waals surface area contributed by atoms with Crippen LogP contribution in [-0.4, -0.2) is 61.0 Å². The van der Waals surface area contributed by atoms with Gasteiger partial charge >= 0.3 is 0 Å². The summed E-state index contributed by atoms with van der Waals surface area (Å²) in [5.41, 5.74) is 1.82. The fourth-order valence-corrected chi connectivity index (χ4v) is 3.16. The van der Waals surface area contributed by atoms with Gasteiger partial charge in [0, 0.05) is 25.7 Å². The molecule has 2 aromatic rings. The summed E-state index contributed by atoms with van der Waals surface area (Å²) in [6, 6.07) is 8.10. The number of pyridine rings is 1. The highest BCUT2D eigenvalue weighted by atomic mass is 16.5. The van der Waals surface area contributed by atoms with Crippen molar-refractivity contribution >= 4 is 29.2 Å². The van der Waals surface area contributed by atoms with E-state index < -0.39 is 5.91 Å². The number of rotatable bonds is 3. The normalized spacial score (nSPS) is 16.5. The molecule has 1 aromatic heterocycles. The maximum atomic E-state index is 12.5. The molecule has 2 aliphatic rings. The molecule has 3 amide bonds. The van der Waals surface area contributed by atoms with Gasteiger partial charge in [0.1, 0.15) is 5.82 Å². The van der Waals surface area contributed by atoms with Crippen molar-refractivity contribution in [1.82, 2.24) is 9.88 Å². The molecule has 0 radical (unpaired) electrons. The molecule has 2 aliphatic heterocycles. The lowest BCUT2D eigenvalue weighted by Crippen LogP contribution is -2.36. The Morgan fingerprint density at radius 1 is 1.07 bits per heavy atom. The standard InChI is InChI=1S/C19H18N4O4/c1-22-18(25)14-4-2-12(10-15(14)19(22)26)17(24)21-16-5-3-13(11-20-16)23-6-8-27-9-7-23/h2-5,10-11H,6-9H2,1H3,(H,20,21,24). The molecule has 0 atom stereocenters. The van der Waals surface area contributed by atoms with Crippen LogP contribution in [-0.2, 0) is 4.74 Å². The number of hydrogen-bond donors (Lipinski definition) is 1. The average Bonchev–Trinajstić information content (AvgIpc) is 2.93. The van der Waals surface area contributed by atoms with Crippen molar-refractivity contribution in [3.8, 4) is 0 Å². The first kappa shape index (κ1) is 17.2. The van der Waals surface area contributed by atoms with E-state index >= 15 is 0 Å². The second-order valence-electron chi connectivity index (χ2n) is 6.38. The van der Waals surface area contributed by atoms with Crippen LogP contribution in [0.15, 0.2) is 36.5 Å². The summed E-state index contributed by atoms with van der Waals surface area (Å²) in [5, 5.41) is 2.71. The van der Waals surface area contributed by atoms with Crippen LogP contribution >= 0.6 is 0 Å². The van der Waals surface area contributed by atoms with Crippen LogP contribution < -0.4 is 10.2 Å². The van der Waals surface area contributed by atoms with Crippen molar-refractivity contribution in [2.24, 2.45) is 0 Å². The summed E-state index contributed by atoms with van der Waals surface area (Å²) in [6.07, 6.45) is 1.71. The number of amides is 3. The number of aromatic nitrogens is 1. The lowest BCUT2D eigenvalue weighted by molar-refractivity contribution is 0.0693. The minimum absolute atomic E-state index is 0.241. The van der Waals surface area contributed by atoms with Gasteiger partial charge in [-0.2, -0.15) is 0 Å². The number of fused-ring (bicyclic) bond motifs is 1. The van der Waals surface area contributed by atoms with Gasteiger partial charge in [0.15, 0.2) is 0 Å². The summed E-state index contributed by atoms with van der Waals surface area (Å²) < 4.78 is 5.33. The first-order valence-corrected chi connectivity index (χ1v) is 8.61. The zero-order chi connectivity index (χ0) is 19.0. The fourth-order valence-electron chi connectivity index (χ4n) is 3.16. The van der Waals surface area contributed by atoms with E-state index in [1.54, 1.807) is 12.3 Å². The molecule has 0 spiro atoms. The molecular weight excluding hydrogens is 348 g/mol. The minimum Gasteiger partial charge on any atom is -0.378 e. The van der Waals surface area contributed by atoms with E-state index in [4.69, 9.17) is 4.74 Å². The molecule has 0 saturated carbocycles. The minimum atomic E-state index is -0.405. The predicted octanol–water partition coefficient (Wildman–Crippen LogP) is 1.40. The quantitative estimate of drug-likeness (QED) is 0.826. The Balaban J connectivity index is 1.48. The zero-order valence-electron chi connectivity index (χ0n) is 14.8. The molecule has 8 nitrogen and oxygen atoms in total. The van der Waals surface area contributed by atoms with Crippen molar-refractivity contribution < 1.29 is 19.1 Å². The number of ether oxygens (including phenoxy) is 1. The number of anilines is 2. The van der Waals surface area contributed by atoms with Gasteiger partial charge < -0.3 is 15.0 Å². The molecule has 1 aromatic carbocycles. The van der Waals surface area contributed by atoms with Gasteiger partial charge in [-0.1, -0.05) is 0 Å². The van der Waals surface area contributed by atoms with E-state index in [1.165, 1.54) is 25.2 Å². The molecule has 3 heterocycles. The topological polar surface area (TPSA) is 91.8 Å². The molecule has 1 fully saturated rings. The lowest BCUT2D eigenvalue weighted by atomic mass is 10.1. The van der Waals surface area contributed by atoms with Crippen LogP contribution in [0.4, 0.5) is 11.5 Å². The van der Waals surface area contributed by atoms with Crippen molar-refractivity contribution in [2.75, 3.05) is 43.6 Å². The SMILES string of the molecule is CN1C(=O)c2ccc(C(=O)Nc3ccc(N4CCOCC4)cn3)cc2C1=O. The third kappa shape index (κ3) is 3.15. The van der Waals surface area contributed by atoms with Gasteiger partial charge in [0.2, 0.25) is 0 Å². The van der Waals surface area contributed by atoms with E-state index in [2.05, 4.69) is 15.2 Å². The van der Waals surface area contributed by atoms with E-state index in [1.807, 2.05) is 6.07 Å². The average molecular weight is 366 g/mol. The largest absolute Gasteiger partial charge is 0.378 e. The first-order chi connectivity index (χ1) is 13.0. The molecule has 27 heavy (non-hydrogen) atoms. The van der Waals surface area contributed by atoms with Crippen molar-refractivity contribution in [3.63, 3.8) is 0 Å². The Kier molecular flexibility index (Phi) is 4.33. The first-order valence-electron chi connectivity index (χ1n) is 8.61.